The van der Waals surface area contributed by atoms with Crippen LogP contribution < -0.4 is 0 Å². The lowest BCUT2D eigenvalue weighted by molar-refractivity contribution is 0.0641. The Labute approximate surface area is 119 Å². The summed E-state index contributed by atoms with van der Waals surface area (Å²) in [5, 5.41) is 10.3. The standard InChI is InChI=1S/C16H23FN2O/c1-9(2)11-7-12(17)14-13(8-11)19(10(3)4)15(18-14)16(5,6)20/h7-10,20H,1-6H3. The van der Waals surface area contributed by atoms with E-state index in [0.717, 1.165) is 11.1 Å². The fraction of sp³-hybridized carbons (Fsp3) is 0.562. The number of halogens is 1. The quantitative estimate of drug-likeness (QED) is 0.917. The summed E-state index contributed by atoms with van der Waals surface area (Å²) in [6, 6.07) is 3.62. The predicted octanol–water partition coefficient (Wildman–Crippen LogP) is 4.11. The molecule has 0 aliphatic carbocycles. The molecule has 3 nitrogen and oxygen atoms in total. The lowest BCUT2D eigenvalue weighted by Gasteiger charge is -2.21. The number of fused-ring (bicyclic) bond motifs is 1. The molecule has 0 unspecified atom stereocenters. The summed E-state index contributed by atoms with van der Waals surface area (Å²) < 4.78 is 16.2. The van der Waals surface area contributed by atoms with Crippen LogP contribution in [0.25, 0.3) is 11.0 Å². The molecule has 0 aliphatic rings. The molecule has 0 saturated carbocycles. The molecule has 0 spiro atoms. The molecule has 0 saturated heterocycles. The average molecular weight is 278 g/mol. The van der Waals surface area contributed by atoms with E-state index in [9.17, 15) is 9.50 Å². The topological polar surface area (TPSA) is 38.1 Å². The van der Waals surface area contributed by atoms with Crippen LogP contribution in [0.3, 0.4) is 0 Å². The molecule has 1 heterocycles. The van der Waals surface area contributed by atoms with Crippen molar-refractivity contribution in [3.8, 4) is 0 Å². The van der Waals surface area contributed by atoms with Crippen LogP contribution in [0.4, 0.5) is 4.39 Å². The van der Waals surface area contributed by atoms with Crippen LogP contribution >= 0.6 is 0 Å². The molecule has 0 amide bonds. The van der Waals surface area contributed by atoms with Gasteiger partial charge in [0.15, 0.2) is 5.82 Å². The Balaban J connectivity index is 2.86. The second-order valence-electron chi connectivity index (χ2n) is 6.48. The minimum atomic E-state index is -1.10. The Morgan fingerprint density at radius 3 is 2.25 bits per heavy atom. The molecule has 1 aromatic heterocycles. The highest BCUT2D eigenvalue weighted by Gasteiger charge is 2.27. The van der Waals surface area contributed by atoms with Gasteiger partial charge in [0.2, 0.25) is 0 Å². The summed E-state index contributed by atoms with van der Waals surface area (Å²) >= 11 is 0. The van der Waals surface area contributed by atoms with Crippen molar-refractivity contribution < 1.29 is 9.50 Å². The first-order chi connectivity index (χ1) is 9.12. The van der Waals surface area contributed by atoms with E-state index in [1.54, 1.807) is 19.9 Å². The van der Waals surface area contributed by atoms with Gasteiger partial charge in [-0.1, -0.05) is 13.8 Å². The second kappa shape index (κ2) is 4.85. The largest absolute Gasteiger partial charge is 0.383 e. The number of hydrogen-bond donors (Lipinski definition) is 1. The van der Waals surface area contributed by atoms with Crippen molar-refractivity contribution in [2.45, 2.75) is 59.1 Å². The zero-order valence-corrected chi connectivity index (χ0v) is 13.0. The van der Waals surface area contributed by atoms with Crippen molar-refractivity contribution in [2.24, 2.45) is 0 Å². The van der Waals surface area contributed by atoms with Crippen LogP contribution in [0.2, 0.25) is 0 Å². The van der Waals surface area contributed by atoms with Crippen molar-refractivity contribution >= 4 is 11.0 Å². The molecule has 0 fully saturated rings. The monoisotopic (exact) mass is 278 g/mol. The number of hydrogen-bond acceptors (Lipinski definition) is 2. The Morgan fingerprint density at radius 1 is 1.20 bits per heavy atom. The molecule has 4 heteroatoms. The molecule has 1 N–H and O–H groups in total. The lowest BCUT2D eigenvalue weighted by atomic mass is 10.0. The second-order valence-corrected chi connectivity index (χ2v) is 6.48. The summed E-state index contributed by atoms with van der Waals surface area (Å²) in [7, 11) is 0. The van der Waals surface area contributed by atoms with Crippen molar-refractivity contribution in [1.29, 1.82) is 0 Å². The summed E-state index contributed by atoms with van der Waals surface area (Å²) in [5.41, 5.74) is 0.924. The van der Waals surface area contributed by atoms with E-state index < -0.39 is 5.60 Å². The van der Waals surface area contributed by atoms with Gasteiger partial charge in [0.25, 0.3) is 0 Å². The van der Waals surface area contributed by atoms with Crippen LogP contribution in [0.5, 0.6) is 0 Å². The number of nitrogens with zero attached hydrogens (tertiary/aromatic N) is 2. The Bertz CT molecular complexity index is 636. The Morgan fingerprint density at radius 2 is 1.80 bits per heavy atom. The van der Waals surface area contributed by atoms with Gasteiger partial charge in [-0.3, -0.25) is 0 Å². The van der Waals surface area contributed by atoms with E-state index in [-0.39, 0.29) is 17.8 Å². The van der Waals surface area contributed by atoms with Gasteiger partial charge in [-0.2, -0.15) is 0 Å². The fourth-order valence-electron chi connectivity index (χ4n) is 2.46. The van der Waals surface area contributed by atoms with Crippen molar-refractivity contribution in [3.05, 3.63) is 29.3 Å². The molecule has 20 heavy (non-hydrogen) atoms. The van der Waals surface area contributed by atoms with E-state index in [1.165, 1.54) is 0 Å². The van der Waals surface area contributed by atoms with E-state index >= 15 is 0 Å². The van der Waals surface area contributed by atoms with Gasteiger partial charge in [-0.05, 0) is 51.3 Å². The van der Waals surface area contributed by atoms with E-state index in [1.807, 2.05) is 38.3 Å². The van der Waals surface area contributed by atoms with Crippen LogP contribution in [-0.4, -0.2) is 14.7 Å². The number of aliphatic hydroxyl groups is 1. The van der Waals surface area contributed by atoms with Crippen molar-refractivity contribution in [2.75, 3.05) is 0 Å². The maximum atomic E-state index is 14.3. The number of rotatable bonds is 3. The molecule has 2 rings (SSSR count). The normalized spacial score (nSPS) is 12.9. The minimum absolute atomic E-state index is 0.100. The van der Waals surface area contributed by atoms with Gasteiger partial charge in [-0.25, -0.2) is 9.37 Å². The van der Waals surface area contributed by atoms with Gasteiger partial charge in [0.05, 0.1) is 5.52 Å². The highest BCUT2D eigenvalue weighted by Crippen LogP contribution is 2.31. The smallest absolute Gasteiger partial charge is 0.151 e. The van der Waals surface area contributed by atoms with E-state index in [2.05, 4.69) is 4.98 Å². The molecule has 0 atom stereocenters. The average Bonchev–Trinajstić information content (AvgIpc) is 2.68. The summed E-state index contributed by atoms with van der Waals surface area (Å²) in [6.45, 7) is 11.4. The van der Waals surface area contributed by atoms with Crippen LogP contribution in [0.1, 0.15) is 64.9 Å². The lowest BCUT2D eigenvalue weighted by Crippen LogP contribution is -2.23. The first kappa shape index (κ1) is 15.0. The SMILES string of the molecule is CC(C)c1cc(F)c2nc(C(C)(C)O)n(C(C)C)c2c1. The Kier molecular flexibility index (Phi) is 3.63. The molecule has 110 valence electrons. The molecule has 0 bridgehead atoms. The third-order valence-electron chi connectivity index (χ3n) is 3.50. The Hall–Kier alpha value is -1.42. The predicted molar refractivity (Wildman–Crippen MR) is 79.4 cm³/mol. The van der Waals surface area contributed by atoms with E-state index in [4.69, 9.17) is 0 Å². The zero-order valence-electron chi connectivity index (χ0n) is 13.0. The minimum Gasteiger partial charge on any atom is -0.383 e. The molecule has 2 aromatic rings. The molecular formula is C16H23FN2O. The highest BCUT2D eigenvalue weighted by molar-refractivity contribution is 5.78. The fourth-order valence-corrected chi connectivity index (χ4v) is 2.46. The van der Waals surface area contributed by atoms with Crippen molar-refractivity contribution in [3.63, 3.8) is 0 Å². The first-order valence-corrected chi connectivity index (χ1v) is 7.07. The number of aromatic nitrogens is 2. The summed E-state index contributed by atoms with van der Waals surface area (Å²) in [4.78, 5) is 4.34. The van der Waals surface area contributed by atoms with Gasteiger partial charge in [-0.15, -0.1) is 0 Å². The van der Waals surface area contributed by atoms with Crippen molar-refractivity contribution in [1.82, 2.24) is 9.55 Å². The highest BCUT2D eigenvalue weighted by atomic mass is 19.1. The first-order valence-electron chi connectivity index (χ1n) is 7.07. The summed E-state index contributed by atoms with van der Waals surface area (Å²) in [5.74, 6) is 0.424. The molecular weight excluding hydrogens is 255 g/mol. The maximum Gasteiger partial charge on any atom is 0.151 e. The van der Waals surface area contributed by atoms with Gasteiger partial charge in [0, 0.05) is 6.04 Å². The third-order valence-corrected chi connectivity index (χ3v) is 3.50. The van der Waals surface area contributed by atoms with E-state index in [0.29, 0.717) is 11.3 Å². The van der Waals surface area contributed by atoms with Gasteiger partial charge in [0.1, 0.15) is 16.9 Å². The van der Waals surface area contributed by atoms with Gasteiger partial charge >= 0.3 is 0 Å². The molecule has 1 aromatic carbocycles. The zero-order chi connectivity index (χ0) is 15.2. The third kappa shape index (κ3) is 2.44. The van der Waals surface area contributed by atoms with Crippen LogP contribution in [0, 0.1) is 5.82 Å². The van der Waals surface area contributed by atoms with Gasteiger partial charge < -0.3 is 9.67 Å². The van der Waals surface area contributed by atoms with Crippen LogP contribution in [0.15, 0.2) is 12.1 Å². The molecule has 0 aliphatic heterocycles. The molecule has 0 radical (unpaired) electrons. The summed E-state index contributed by atoms with van der Waals surface area (Å²) in [6.07, 6.45) is 0. The van der Waals surface area contributed by atoms with Crippen LogP contribution in [-0.2, 0) is 5.60 Å². The maximum absolute atomic E-state index is 14.3. The number of imidazole rings is 1. The number of benzene rings is 1.